The molecule has 1 N–H and O–H groups in total. The summed E-state index contributed by atoms with van der Waals surface area (Å²) in [6.07, 6.45) is 2.41. The fourth-order valence-corrected chi connectivity index (χ4v) is 2.59. The zero-order valence-corrected chi connectivity index (χ0v) is 11.3. The molecule has 4 atom stereocenters. The summed E-state index contributed by atoms with van der Waals surface area (Å²) in [5.41, 5.74) is -0.202. The molecule has 1 unspecified atom stereocenters. The highest BCUT2D eigenvalue weighted by Gasteiger charge is 2.39. The fraction of sp³-hybridized carbons (Fsp3) is 0.692. The lowest BCUT2D eigenvalue weighted by molar-refractivity contribution is -0.0170. The van der Waals surface area contributed by atoms with Crippen molar-refractivity contribution in [1.82, 2.24) is 9.55 Å². The van der Waals surface area contributed by atoms with E-state index < -0.39 is 5.69 Å². The summed E-state index contributed by atoms with van der Waals surface area (Å²) in [7, 11) is 0. The molecule has 2 heterocycles. The summed E-state index contributed by atoms with van der Waals surface area (Å²) in [6.45, 7) is 7.99. The van der Waals surface area contributed by atoms with E-state index in [4.69, 9.17) is 4.74 Å². The van der Waals surface area contributed by atoms with Gasteiger partial charge in [0.25, 0.3) is 5.56 Å². The minimum Gasteiger partial charge on any atom is -0.354 e. The minimum absolute atomic E-state index is 0.170. The molecule has 0 bridgehead atoms. The van der Waals surface area contributed by atoms with Crippen LogP contribution in [0.1, 0.15) is 39.0 Å². The number of nitrogens with zero attached hydrogens (tertiary/aromatic N) is 1. The van der Waals surface area contributed by atoms with Gasteiger partial charge in [-0.05, 0) is 19.3 Å². The molecule has 0 amide bonds. The maximum Gasteiger partial charge on any atom is 0.330 e. The number of H-pyrrole nitrogens is 1. The third-order valence-corrected chi connectivity index (χ3v) is 4.00. The third kappa shape index (κ3) is 2.03. The molecule has 5 nitrogen and oxygen atoms in total. The van der Waals surface area contributed by atoms with Crippen LogP contribution < -0.4 is 11.2 Å². The van der Waals surface area contributed by atoms with E-state index in [1.807, 2.05) is 0 Å². The predicted molar refractivity (Wildman–Crippen MR) is 68.6 cm³/mol. The van der Waals surface area contributed by atoms with Crippen molar-refractivity contribution in [2.24, 2.45) is 11.8 Å². The van der Waals surface area contributed by atoms with E-state index in [0.717, 1.165) is 6.42 Å². The smallest absolute Gasteiger partial charge is 0.330 e. The van der Waals surface area contributed by atoms with Crippen LogP contribution in [0.2, 0.25) is 0 Å². The fourth-order valence-electron chi connectivity index (χ4n) is 2.59. The molecule has 0 radical (unpaired) electrons. The normalized spacial score (nSPS) is 31.8. The molecule has 0 aliphatic carbocycles. The van der Waals surface area contributed by atoms with Crippen molar-refractivity contribution in [2.45, 2.75) is 46.4 Å². The monoisotopic (exact) mass is 252 g/mol. The van der Waals surface area contributed by atoms with Gasteiger partial charge in [-0.25, -0.2) is 4.79 Å². The lowest BCUT2D eigenvalue weighted by atomic mass is 9.91. The molecule has 1 saturated heterocycles. The summed E-state index contributed by atoms with van der Waals surface area (Å²) in [4.78, 5) is 25.5. The maximum atomic E-state index is 11.9. The van der Waals surface area contributed by atoms with Crippen molar-refractivity contribution in [3.63, 3.8) is 0 Å². The first kappa shape index (κ1) is 13.1. The Labute approximate surface area is 106 Å². The number of ether oxygens (including phenoxy) is 1. The SMILES string of the molecule is CC[C@H]1O[C@@H](n2cc(C)c(=O)[nH]c2=O)C(C)[C@H]1C. The number of hydrogen-bond acceptors (Lipinski definition) is 3. The van der Waals surface area contributed by atoms with Crippen molar-refractivity contribution < 1.29 is 4.74 Å². The molecule has 100 valence electrons. The van der Waals surface area contributed by atoms with E-state index in [2.05, 4.69) is 25.8 Å². The maximum absolute atomic E-state index is 11.9. The molecule has 1 aromatic rings. The average Bonchev–Trinajstić information content (AvgIpc) is 2.61. The molecule has 18 heavy (non-hydrogen) atoms. The predicted octanol–water partition coefficient (Wildman–Crippen LogP) is 1.42. The molecular weight excluding hydrogens is 232 g/mol. The number of nitrogens with one attached hydrogen (secondary N) is 1. The van der Waals surface area contributed by atoms with Crippen LogP contribution in [0.15, 0.2) is 15.8 Å². The molecule has 1 aromatic heterocycles. The lowest BCUT2D eigenvalue weighted by Crippen LogP contribution is -2.35. The quantitative estimate of drug-likeness (QED) is 0.866. The number of aromatic nitrogens is 2. The molecule has 0 spiro atoms. The molecule has 2 rings (SSSR count). The van der Waals surface area contributed by atoms with Crippen LogP contribution in [0.5, 0.6) is 0 Å². The molecule has 1 fully saturated rings. The van der Waals surface area contributed by atoms with Crippen LogP contribution in [-0.2, 0) is 4.74 Å². The number of rotatable bonds is 2. The van der Waals surface area contributed by atoms with Gasteiger partial charge in [0.1, 0.15) is 6.23 Å². The van der Waals surface area contributed by atoms with Gasteiger partial charge >= 0.3 is 5.69 Å². The summed E-state index contributed by atoms with van der Waals surface area (Å²) in [5, 5.41) is 0. The lowest BCUT2D eigenvalue weighted by Gasteiger charge is -2.18. The van der Waals surface area contributed by atoms with Crippen LogP contribution in [0, 0.1) is 18.8 Å². The molecule has 0 saturated carbocycles. The van der Waals surface area contributed by atoms with Crippen LogP contribution in [0.4, 0.5) is 0 Å². The van der Waals surface area contributed by atoms with Gasteiger partial charge in [0.05, 0.1) is 6.10 Å². The van der Waals surface area contributed by atoms with E-state index in [1.165, 1.54) is 4.57 Å². The van der Waals surface area contributed by atoms with Gasteiger partial charge in [0.2, 0.25) is 0 Å². The van der Waals surface area contributed by atoms with Crippen molar-refractivity contribution >= 4 is 0 Å². The van der Waals surface area contributed by atoms with E-state index in [0.29, 0.717) is 11.5 Å². The molecule has 5 heteroatoms. The highest BCUT2D eigenvalue weighted by molar-refractivity contribution is 5.02. The highest BCUT2D eigenvalue weighted by atomic mass is 16.5. The number of hydrogen-bond donors (Lipinski definition) is 1. The molecular formula is C13H20N2O3. The second kappa shape index (κ2) is 4.72. The standard InChI is InChI=1S/C13H20N2O3/c1-5-10-8(3)9(4)12(18-10)15-6-7(2)11(16)14-13(15)17/h6,8-10,12H,5H2,1-4H3,(H,14,16,17)/t8-,9?,10-,12-/m1/s1. The van der Waals surface area contributed by atoms with Gasteiger partial charge < -0.3 is 4.74 Å². The number of aryl methyl sites for hydroxylation is 1. The third-order valence-electron chi connectivity index (χ3n) is 4.00. The Morgan fingerprint density at radius 2 is 2.00 bits per heavy atom. The Hall–Kier alpha value is -1.36. The van der Waals surface area contributed by atoms with Crippen molar-refractivity contribution in [2.75, 3.05) is 0 Å². The second-order valence-electron chi connectivity index (χ2n) is 5.17. The first-order valence-electron chi connectivity index (χ1n) is 6.43. The first-order chi connectivity index (χ1) is 8.45. The molecule has 1 aliphatic heterocycles. The highest BCUT2D eigenvalue weighted by Crippen LogP contribution is 2.39. The van der Waals surface area contributed by atoms with Gasteiger partial charge in [-0.3, -0.25) is 14.3 Å². The topological polar surface area (TPSA) is 64.1 Å². The van der Waals surface area contributed by atoms with Crippen molar-refractivity contribution in [3.8, 4) is 0 Å². The van der Waals surface area contributed by atoms with Gasteiger partial charge in [0.15, 0.2) is 0 Å². The summed E-state index contributed by atoms with van der Waals surface area (Å²) in [5.74, 6) is 0.650. The van der Waals surface area contributed by atoms with Crippen LogP contribution in [0.25, 0.3) is 0 Å². The molecule has 0 aromatic carbocycles. The van der Waals surface area contributed by atoms with E-state index in [-0.39, 0.29) is 23.8 Å². The largest absolute Gasteiger partial charge is 0.354 e. The Kier molecular flexibility index (Phi) is 3.43. The minimum atomic E-state index is -0.397. The van der Waals surface area contributed by atoms with Gasteiger partial charge in [-0.2, -0.15) is 0 Å². The van der Waals surface area contributed by atoms with Crippen LogP contribution in [0.3, 0.4) is 0 Å². The van der Waals surface area contributed by atoms with Gasteiger partial charge in [-0.15, -0.1) is 0 Å². The van der Waals surface area contributed by atoms with Crippen molar-refractivity contribution in [3.05, 3.63) is 32.6 Å². The Bertz CT molecular complexity index is 546. The van der Waals surface area contributed by atoms with Crippen molar-refractivity contribution in [1.29, 1.82) is 0 Å². The summed E-state index contributed by atoms with van der Waals surface area (Å²) in [6, 6.07) is 0. The molecule has 1 aliphatic rings. The van der Waals surface area contributed by atoms with E-state index in [1.54, 1.807) is 13.1 Å². The Morgan fingerprint density at radius 1 is 1.33 bits per heavy atom. The zero-order valence-electron chi connectivity index (χ0n) is 11.3. The number of aromatic amines is 1. The zero-order chi connectivity index (χ0) is 13.4. The summed E-state index contributed by atoms with van der Waals surface area (Å²) < 4.78 is 7.45. The second-order valence-corrected chi connectivity index (χ2v) is 5.17. The van der Waals surface area contributed by atoms with Crippen LogP contribution in [-0.4, -0.2) is 15.7 Å². The van der Waals surface area contributed by atoms with E-state index >= 15 is 0 Å². The Balaban J connectivity index is 2.42. The Morgan fingerprint density at radius 3 is 2.56 bits per heavy atom. The van der Waals surface area contributed by atoms with E-state index in [9.17, 15) is 9.59 Å². The van der Waals surface area contributed by atoms with Crippen LogP contribution >= 0.6 is 0 Å². The average molecular weight is 252 g/mol. The van der Waals surface area contributed by atoms with Gasteiger partial charge in [-0.1, -0.05) is 20.8 Å². The first-order valence-corrected chi connectivity index (χ1v) is 6.43. The summed E-state index contributed by atoms with van der Waals surface area (Å²) >= 11 is 0. The van der Waals surface area contributed by atoms with Gasteiger partial charge in [0, 0.05) is 17.7 Å².